The van der Waals surface area contributed by atoms with Gasteiger partial charge in [0.1, 0.15) is 18.1 Å². The minimum Gasteiger partial charge on any atom is -0.497 e. The van der Waals surface area contributed by atoms with E-state index in [1.54, 1.807) is 26.0 Å². The van der Waals surface area contributed by atoms with Crippen molar-refractivity contribution in [1.82, 2.24) is 4.90 Å². The predicted molar refractivity (Wildman–Crippen MR) is 79.0 cm³/mol. The van der Waals surface area contributed by atoms with Crippen molar-refractivity contribution in [2.45, 2.75) is 25.8 Å². The van der Waals surface area contributed by atoms with E-state index in [2.05, 4.69) is 0 Å². The number of nitrogens with zero attached hydrogens (tertiary/aromatic N) is 1. The summed E-state index contributed by atoms with van der Waals surface area (Å²) in [5.74, 6) is 1.46. The van der Waals surface area contributed by atoms with Crippen LogP contribution in [0.3, 0.4) is 0 Å². The van der Waals surface area contributed by atoms with Crippen LogP contribution in [0.5, 0.6) is 11.5 Å². The third kappa shape index (κ3) is 4.42. The number of nitrogens with two attached hydrogens (primary N) is 1. The molecule has 1 aromatic rings. The maximum absolute atomic E-state index is 12.1. The van der Waals surface area contributed by atoms with Crippen LogP contribution in [0, 0.1) is 0 Å². The number of hydrogen-bond donors (Lipinski definition) is 1. The summed E-state index contributed by atoms with van der Waals surface area (Å²) in [4.78, 5) is 13.7. The average molecular weight is 280 g/mol. The van der Waals surface area contributed by atoms with Crippen LogP contribution < -0.4 is 15.2 Å². The Morgan fingerprint density at radius 1 is 1.30 bits per heavy atom. The van der Waals surface area contributed by atoms with Crippen molar-refractivity contribution in [3.63, 3.8) is 0 Å². The summed E-state index contributed by atoms with van der Waals surface area (Å²) < 4.78 is 10.7. The second-order valence-electron chi connectivity index (χ2n) is 5.02. The van der Waals surface area contributed by atoms with Gasteiger partial charge in [-0.2, -0.15) is 0 Å². The van der Waals surface area contributed by atoms with Gasteiger partial charge in [-0.05, 0) is 37.6 Å². The molecule has 0 aliphatic heterocycles. The Kier molecular flexibility index (Phi) is 5.82. The summed E-state index contributed by atoms with van der Waals surface area (Å²) in [6.07, 6.45) is 0.607. The van der Waals surface area contributed by atoms with Gasteiger partial charge in [0.2, 0.25) is 5.91 Å². The summed E-state index contributed by atoms with van der Waals surface area (Å²) in [6, 6.07) is 7.33. The highest BCUT2D eigenvalue weighted by Gasteiger charge is 2.28. The molecule has 5 heteroatoms. The minimum absolute atomic E-state index is 0.0710. The zero-order valence-electron chi connectivity index (χ0n) is 12.7. The second kappa shape index (κ2) is 7.14. The van der Waals surface area contributed by atoms with Gasteiger partial charge in [-0.15, -0.1) is 0 Å². The fourth-order valence-corrected chi connectivity index (χ4v) is 1.66. The monoisotopic (exact) mass is 280 g/mol. The first-order chi connectivity index (χ1) is 9.40. The Labute approximate surface area is 120 Å². The normalized spacial score (nSPS) is 13.4. The lowest BCUT2D eigenvalue weighted by Crippen LogP contribution is -2.52. The number of methoxy groups -OCH3 is 1. The molecule has 0 fully saturated rings. The number of rotatable bonds is 7. The Balaban J connectivity index is 2.41. The molecule has 0 heterocycles. The van der Waals surface area contributed by atoms with Crippen molar-refractivity contribution >= 4 is 5.91 Å². The molecule has 0 bridgehead atoms. The van der Waals surface area contributed by atoms with Gasteiger partial charge in [0, 0.05) is 7.05 Å². The van der Waals surface area contributed by atoms with Crippen molar-refractivity contribution in [3.8, 4) is 11.5 Å². The van der Waals surface area contributed by atoms with E-state index in [1.807, 2.05) is 31.2 Å². The number of likely N-dealkylation sites (N-methyl/N-ethyl adjacent to an activating group) is 1. The third-order valence-electron chi connectivity index (χ3n) is 3.32. The summed E-state index contributed by atoms with van der Waals surface area (Å²) in [5, 5.41) is 0. The number of hydrogen-bond acceptors (Lipinski definition) is 4. The first-order valence-electron chi connectivity index (χ1n) is 6.72. The van der Waals surface area contributed by atoms with E-state index in [0.717, 1.165) is 11.5 Å². The molecule has 5 nitrogen and oxygen atoms in total. The van der Waals surface area contributed by atoms with Crippen LogP contribution in [0.1, 0.15) is 20.3 Å². The summed E-state index contributed by atoms with van der Waals surface area (Å²) in [6.45, 7) is 4.57. The maximum atomic E-state index is 12.1. The van der Waals surface area contributed by atoms with Crippen LogP contribution in [0.4, 0.5) is 0 Å². The number of amides is 1. The molecule has 0 aliphatic carbocycles. The van der Waals surface area contributed by atoms with Crippen molar-refractivity contribution in [1.29, 1.82) is 0 Å². The van der Waals surface area contributed by atoms with E-state index in [-0.39, 0.29) is 5.91 Å². The standard InChI is InChI=1S/C15H24N2O3/c1-5-15(2,16)14(18)17(3)10-11-20-13-8-6-12(19-4)7-9-13/h6-9H,5,10-11,16H2,1-4H3. The molecule has 0 saturated heterocycles. The number of carbonyl (C=O) groups is 1. The van der Waals surface area contributed by atoms with Crippen LogP contribution in [-0.2, 0) is 4.79 Å². The molecule has 1 unspecified atom stereocenters. The van der Waals surface area contributed by atoms with Gasteiger partial charge in [0.25, 0.3) is 0 Å². The molecular weight excluding hydrogens is 256 g/mol. The highest BCUT2D eigenvalue weighted by Crippen LogP contribution is 2.17. The zero-order valence-corrected chi connectivity index (χ0v) is 12.7. The van der Waals surface area contributed by atoms with Crippen LogP contribution in [0.15, 0.2) is 24.3 Å². The van der Waals surface area contributed by atoms with E-state index in [1.165, 1.54) is 0 Å². The Hall–Kier alpha value is -1.75. The van der Waals surface area contributed by atoms with Crippen LogP contribution in [-0.4, -0.2) is 43.7 Å². The average Bonchev–Trinajstić information content (AvgIpc) is 2.47. The zero-order chi connectivity index (χ0) is 15.2. The molecule has 0 aromatic heterocycles. The Bertz CT molecular complexity index is 429. The fraction of sp³-hybridized carbons (Fsp3) is 0.533. The summed E-state index contributed by atoms with van der Waals surface area (Å²) in [7, 11) is 3.36. The van der Waals surface area contributed by atoms with E-state index >= 15 is 0 Å². The first-order valence-corrected chi connectivity index (χ1v) is 6.72. The van der Waals surface area contributed by atoms with E-state index in [4.69, 9.17) is 15.2 Å². The van der Waals surface area contributed by atoms with Gasteiger partial charge in [-0.25, -0.2) is 0 Å². The van der Waals surface area contributed by atoms with Gasteiger partial charge in [0.05, 0.1) is 19.2 Å². The lowest BCUT2D eigenvalue weighted by atomic mass is 9.99. The molecule has 0 aliphatic rings. The van der Waals surface area contributed by atoms with Gasteiger partial charge in [0.15, 0.2) is 0 Å². The van der Waals surface area contributed by atoms with Crippen LogP contribution in [0.25, 0.3) is 0 Å². The molecule has 0 saturated carbocycles. The highest BCUT2D eigenvalue weighted by atomic mass is 16.5. The molecule has 0 radical (unpaired) electrons. The van der Waals surface area contributed by atoms with E-state index in [0.29, 0.717) is 19.6 Å². The summed E-state index contributed by atoms with van der Waals surface area (Å²) >= 11 is 0. The van der Waals surface area contributed by atoms with Crippen LogP contribution >= 0.6 is 0 Å². The molecule has 1 amide bonds. The smallest absolute Gasteiger partial charge is 0.242 e. The van der Waals surface area contributed by atoms with Crippen molar-refractivity contribution in [2.75, 3.05) is 27.3 Å². The molecule has 112 valence electrons. The summed E-state index contributed by atoms with van der Waals surface area (Å²) in [5.41, 5.74) is 5.12. The Morgan fingerprint density at radius 3 is 2.35 bits per heavy atom. The van der Waals surface area contributed by atoms with Crippen LogP contribution in [0.2, 0.25) is 0 Å². The van der Waals surface area contributed by atoms with Crippen molar-refractivity contribution in [2.24, 2.45) is 5.73 Å². The van der Waals surface area contributed by atoms with Crippen molar-refractivity contribution in [3.05, 3.63) is 24.3 Å². The van der Waals surface area contributed by atoms with Gasteiger partial charge in [-0.3, -0.25) is 4.79 Å². The maximum Gasteiger partial charge on any atom is 0.242 e. The molecule has 20 heavy (non-hydrogen) atoms. The molecule has 0 spiro atoms. The second-order valence-corrected chi connectivity index (χ2v) is 5.02. The largest absolute Gasteiger partial charge is 0.497 e. The fourth-order valence-electron chi connectivity index (χ4n) is 1.66. The number of carbonyl (C=O) groups excluding carboxylic acids is 1. The van der Waals surface area contributed by atoms with E-state index < -0.39 is 5.54 Å². The number of benzene rings is 1. The SMILES string of the molecule is CCC(C)(N)C(=O)N(C)CCOc1ccc(OC)cc1. The lowest BCUT2D eigenvalue weighted by Gasteiger charge is -2.28. The first kappa shape index (κ1) is 16.3. The minimum atomic E-state index is -0.811. The third-order valence-corrected chi connectivity index (χ3v) is 3.32. The van der Waals surface area contributed by atoms with Crippen molar-refractivity contribution < 1.29 is 14.3 Å². The molecule has 2 N–H and O–H groups in total. The van der Waals surface area contributed by atoms with Gasteiger partial charge < -0.3 is 20.1 Å². The molecule has 1 rings (SSSR count). The molecule has 1 atom stereocenters. The lowest BCUT2D eigenvalue weighted by molar-refractivity contribution is -0.135. The number of ether oxygens (including phenoxy) is 2. The van der Waals surface area contributed by atoms with Gasteiger partial charge >= 0.3 is 0 Å². The van der Waals surface area contributed by atoms with E-state index in [9.17, 15) is 4.79 Å². The van der Waals surface area contributed by atoms with Gasteiger partial charge in [-0.1, -0.05) is 6.92 Å². The quantitative estimate of drug-likeness (QED) is 0.825. The highest BCUT2D eigenvalue weighted by molar-refractivity contribution is 5.85. The Morgan fingerprint density at radius 2 is 1.85 bits per heavy atom. The molecule has 1 aromatic carbocycles. The predicted octanol–water partition coefficient (Wildman–Crippen LogP) is 1.66. The topological polar surface area (TPSA) is 64.8 Å². The molecular formula is C15H24N2O3.